The highest BCUT2D eigenvalue weighted by atomic mass is 32.1. The summed E-state index contributed by atoms with van der Waals surface area (Å²) in [6, 6.07) is 0. The van der Waals surface area contributed by atoms with Gasteiger partial charge in [-0.15, -0.1) is 0 Å². The lowest BCUT2D eigenvalue weighted by atomic mass is 10.0. The normalized spacial score (nSPS) is 21.8. The first-order chi connectivity index (χ1) is 7.17. The summed E-state index contributed by atoms with van der Waals surface area (Å²) in [7, 11) is 0. The van der Waals surface area contributed by atoms with E-state index in [4.69, 9.17) is 4.74 Å². The highest BCUT2D eigenvalue weighted by Crippen LogP contribution is 2.19. The number of unbranched alkanes of at least 4 members (excludes halogenated alkanes) is 3. The molecule has 0 aromatic carbocycles. The van der Waals surface area contributed by atoms with Crippen LogP contribution in [0.3, 0.4) is 0 Å². The predicted molar refractivity (Wildman–Crippen MR) is 68.8 cm³/mol. The van der Waals surface area contributed by atoms with Gasteiger partial charge in [0.25, 0.3) is 0 Å². The Morgan fingerprint density at radius 2 is 1.93 bits per heavy atom. The molecule has 1 aliphatic rings. The molecule has 1 heterocycles. The predicted octanol–water partition coefficient (Wildman–Crippen LogP) is 2.59. The van der Waals surface area contributed by atoms with E-state index in [1.807, 2.05) is 0 Å². The lowest BCUT2D eigenvalue weighted by Crippen LogP contribution is -2.53. The number of rotatable bonds is 6. The topological polar surface area (TPSA) is 12.5 Å². The molecule has 0 unspecified atom stereocenters. The van der Waals surface area contributed by atoms with Gasteiger partial charge in [-0.2, -0.15) is 12.6 Å². The molecule has 15 heavy (non-hydrogen) atoms. The van der Waals surface area contributed by atoms with Gasteiger partial charge in [-0.3, -0.25) is 4.90 Å². The Labute approximate surface area is 99.8 Å². The van der Waals surface area contributed by atoms with Crippen molar-refractivity contribution in [3.05, 3.63) is 0 Å². The summed E-state index contributed by atoms with van der Waals surface area (Å²) >= 11 is 4.22. The second-order valence-electron chi connectivity index (χ2n) is 4.99. The zero-order valence-electron chi connectivity index (χ0n) is 10.2. The molecule has 1 fully saturated rings. The van der Waals surface area contributed by atoms with Gasteiger partial charge in [-0.05, 0) is 39.0 Å². The van der Waals surface area contributed by atoms with Crippen LogP contribution in [0.1, 0.15) is 39.5 Å². The molecule has 0 aromatic rings. The lowest BCUT2D eigenvalue weighted by Gasteiger charge is -2.42. The Hall–Kier alpha value is 0.270. The Bertz CT molecular complexity index is 173. The molecule has 3 heteroatoms. The summed E-state index contributed by atoms with van der Waals surface area (Å²) in [4.78, 5) is 2.57. The van der Waals surface area contributed by atoms with E-state index in [1.165, 1.54) is 32.2 Å². The van der Waals surface area contributed by atoms with Crippen LogP contribution in [0, 0.1) is 0 Å². The molecule has 1 saturated heterocycles. The largest absolute Gasteiger partial charge is 0.378 e. The summed E-state index contributed by atoms with van der Waals surface area (Å²) in [6.45, 7) is 8.66. The maximum absolute atomic E-state index is 5.51. The van der Waals surface area contributed by atoms with Crippen LogP contribution in [0.2, 0.25) is 0 Å². The van der Waals surface area contributed by atoms with Gasteiger partial charge in [0, 0.05) is 12.1 Å². The van der Waals surface area contributed by atoms with E-state index in [0.29, 0.717) is 0 Å². The van der Waals surface area contributed by atoms with Crippen molar-refractivity contribution in [2.24, 2.45) is 0 Å². The first-order valence-corrected chi connectivity index (χ1v) is 6.74. The van der Waals surface area contributed by atoms with Crippen molar-refractivity contribution >= 4 is 12.6 Å². The van der Waals surface area contributed by atoms with Gasteiger partial charge in [0.2, 0.25) is 0 Å². The molecule has 1 aliphatic heterocycles. The van der Waals surface area contributed by atoms with Crippen LogP contribution in [-0.2, 0) is 4.74 Å². The van der Waals surface area contributed by atoms with Gasteiger partial charge in [0.1, 0.15) is 0 Å². The van der Waals surface area contributed by atoms with Crippen LogP contribution in [0.15, 0.2) is 0 Å². The summed E-state index contributed by atoms with van der Waals surface area (Å²) in [6.07, 6.45) is 5.25. The van der Waals surface area contributed by atoms with Crippen LogP contribution in [-0.4, -0.2) is 42.5 Å². The highest BCUT2D eigenvalue weighted by molar-refractivity contribution is 7.80. The van der Waals surface area contributed by atoms with Crippen molar-refractivity contribution in [1.82, 2.24) is 4.90 Å². The molecular weight excluding hydrogens is 206 g/mol. The zero-order valence-corrected chi connectivity index (χ0v) is 11.1. The minimum atomic E-state index is 0.238. The summed E-state index contributed by atoms with van der Waals surface area (Å²) in [5.41, 5.74) is 0.238. The Kier molecular flexibility index (Phi) is 6.02. The molecule has 0 saturated carbocycles. The maximum atomic E-state index is 5.51. The fourth-order valence-corrected chi connectivity index (χ4v) is 2.30. The number of morpholine rings is 1. The third-order valence-corrected chi connectivity index (χ3v) is 3.47. The third kappa shape index (κ3) is 4.75. The second kappa shape index (κ2) is 6.77. The summed E-state index contributed by atoms with van der Waals surface area (Å²) in [5.74, 6) is 1.03. The van der Waals surface area contributed by atoms with Crippen molar-refractivity contribution in [1.29, 1.82) is 0 Å². The molecule has 0 bridgehead atoms. The molecule has 0 spiro atoms. The van der Waals surface area contributed by atoms with Crippen LogP contribution < -0.4 is 0 Å². The number of ether oxygens (including phenoxy) is 1. The van der Waals surface area contributed by atoms with Crippen LogP contribution in [0.5, 0.6) is 0 Å². The summed E-state index contributed by atoms with van der Waals surface area (Å²) < 4.78 is 5.51. The molecule has 0 amide bonds. The summed E-state index contributed by atoms with van der Waals surface area (Å²) in [5, 5.41) is 0. The molecule has 0 atom stereocenters. The van der Waals surface area contributed by atoms with Gasteiger partial charge < -0.3 is 4.74 Å². The van der Waals surface area contributed by atoms with Crippen molar-refractivity contribution in [2.45, 2.75) is 45.1 Å². The Morgan fingerprint density at radius 3 is 2.60 bits per heavy atom. The zero-order chi connectivity index (χ0) is 11.1. The van der Waals surface area contributed by atoms with Gasteiger partial charge in [0.15, 0.2) is 0 Å². The van der Waals surface area contributed by atoms with E-state index in [-0.39, 0.29) is 5.54 Å². The van der Waals surface area contributed by atoms with Crippen molar-refractivity contribution in [2.75, 3.05) is 32.1 Å². The minimum Gasteiger partial charge on any atom is -0.378 e. The first kappa shape index (κ1) is 13.3. The SMILES string of the molecule is CC1(C)COCCN1CCCCCCS. The monoisotopic (exact) mass is 231 g/mol. The van der Waals surface area contributed by atoms with Crippen LogP contribution >= 0.6 is 12.6 Å². The third-order valence-electron chi connectivity index (χ3n) is 3.15. The Balaban J connectivity index is 2.13. The van der Waals surface area contributed by atoms with E-state index in [2.05, 4.69) is 31.4 Å². The average molecular weight is 231 g/mol. The second-order valence-corrected chi connectivity index (χ2v) is 5.44. The number of nitrogens with zero attached hydrogens (tertiary/aromatic N) is 1. The standard InChI is InChI=1S/C12H25NOS/c1-12(2)11-14-9-8-13(12)7-5-3-4-6-10-15/h15H,3-11H2,1-2H3. The first-order valence-electron chi connectivity index (χ1n) is 6.10. The van der Waals surface area contributed by atoms with E-state index in [0.717, 1.165) is 25.5 Å². The molecular formula is C12H25NOS. The number of hydrogen-bond acceptors (Lipinski definition) is 3. The Morgan fingerprint density at radius 1 is 1.20 bits per heavy atom. The fraction of sp³-hybridized carbons (Fsp3) is 1.00. The smallest absolute Gasteiger partial charge is 0.0645 e. The maximum Gasteiger partial charge on any atom is 0.0645 e. The minimum absolute atomic E-state index is 0.238. The van der Waals surface area contributed by atoms with E-state index < -0.39 is 0 Å². The number of hydrogen-bond donors (Lipinski definition) is 1. The molecule has 0 N–H and O–H groups in total. The molecule has 0 aromatic heterocycles. The van der Waals surface area contributed by atoms with Crippen molar-refractivity contribution < 1.29 is 4.74 Å². The molecule has 1 rings (SSSR count). The van der Waals surface area contributed by atoms with Crippen LogP contribution in [0.4, 0.5) is 0 Å². The van der Waals surface area contributed by atoms with E-state index >= 15 is 0 Å². The van der Waals surface area contributed by atoms with E-state index in [9.17, 15) is 0 Å². The van der Waals surface area contributed by atoms with Gasteiger partial charge in [0.05, 0.1) is 13.2 Å². The lowest BCUT2D eigenvalue weighted by molar-refractivity contribution is -0.0513. The van der Waals surface area contributed by atoms with Crippen molar-refractivity contribution in [3.8, 4) is 0 Å². The van der Waals surface area contributed by atoms with Gasteiger partial charge >= 0.3 is 0 Å². The van der Waals surface area contributed by atoms with Gasteiger partial charge in [-0.25, -0.2) is 0 Å². The number of thiol groups is 1. The van der Waals surface area contributed by atoms with Gasteiger partial charge in [-0.1, -0.05) is 12.8 Å². The average Bonchev–Trinajstić information content (AvgIpc) is 2.19. The van der Waals surface area contributed by atoms with Crippen molar-refractivity contribution in [3.63, 3.8) is 0 Å². The van der Waals surface area contributed by atoms with E-state index in [1.54, 1.807) is 0 Å². The molecule has 90 valence electrons. The molecule has 2 nitrogen and oxygen atoms in total. The highest BCUT2D eigenvalue weighted by Gasteiger charge is 2.29. The van der Waals surface area contributed by atoms with Crippen LogP contribution in [0.25, 0.3) is 0 Å². The molecule has 0 radical (unpaired) electrons. The molecule has 0 aliphatic carbocycles. The quantitative estimate of drug-likeness (QED) is 0.557. The fourth-order valence-electron chi connectivity index (χ4n) is 2.07.